The smallest absolute Gasteiger partial charge is 0.172 e. The quantitative estimate of drug-likeness (QED) is 0.754. The molecule has 0 amide bonds. The minimum atomic E-state index is 0.158. The predicted octanol–water partition coefficient (Wildman–Crippen LogP) is 2.37. The summed E-state index contributed by atoms with van der Waals surface area (Å²) in [7, 11) is 0. The first-order valence-electron chi connectivity index (χ1n) is 5.04. The number of thioether (sulfide) groups is 1. The van der Waals surface area contributed by atoms with Gasteiger partial charge in [0.2, 0.25) is 0 Å². The Morgan fingerprint density at radius 3 is 2.67 bits per heavy atom. The monoisotopic (exact) mass is 224 g/mol. The molecule has 0 aliphatic carbocycles. The molecular formula is C12H16O2S. The SMILES string of the molecule is CC(CCO)SCC(=O)c1ccccc1. The van der Waals surface area contributed by atoms with Gasteiger partial charge in [-0.2, -0.15) is 11.8 Å². The molecule has 1 unspecified atom stereocenters. The maximum absolute atomic E-state index is 11.7. The van der Waals surface area contributed by atoms with Gasteiger partial charge in [0.25, 0.3) is 0 Å². The second kappa shape index (κ2) is 6.64. The summed E-state index contributed by atoms with van der Waals surface area (Å²) in [6.45, 7) is 2.22. The van der Waals surface area contributed by atoms with Gasteiger partial charge in [0.1, 0.15) is 0 Å². The summed E-state index contributed by atoms with van der Waals surface area (Å²) < 4.78 is 0. The van der Waals surface area contributed by atoms with Crippen molar-refractivity contribution in [3.63, 3.8) is 0 Å². The van der Waals surface area contributed by atoms with E-state index in [4.69, 9.17) is 5.11 Å². The van der Waals surface area contributed by atoms with Crippen LogP contribution in [0.3, 0.4) is 0 Å². The van der Waals surface area contributed by atoms with Crippen molar-refractivity contribution in [2.45, 2.75) is 18.6 Å². The van der Waals surface area contributed by atoms with Gasteiger partial charge in [-0.05, 0) is 6.42 Å². The predicted molar refractivity (Wildman–Crippen MR) is 64.4 cm³/mol. The lowest BCUT2D eigenvalue weighted by Gasteiger charge is -2.08. The Kier molecular flexibility index (Phi) is 5.43. The molecule has 0 bridgehead atoms. The molecule has 1 atom stereocenters. The summed E-state index contributed by atoms with van der Waals surface area (Å²) in [5.41, 5.74) is 0.765. The van der Waals surface area contributed by atoms with Crippen LogP contribution in [0.2, 0.25) is 0 Å². The van der Waals surface area contributed by atoms with Crippen LogP contribution in [0, 0.1) is 0 Å². The number of aliphatic hydroxyl groups is 1. The molecule has 0 aromatic heterocycles. The summed E-state index contributed by atoms with van der Waals surface area (Å²) >= 11 is 1.59. The number of rotatable bonds is 6. The number of carbonyl (C=O) groups excluding carboxylic acids is 1. The van der Waals surface area contributed by atoms with Crippen LogP contribution in [0.1, 0.15) is 23.7 Å². The zero-order valence-corrected chi connectivity index (χ0v) is 9.67. The van der Waals surface area contributed by atoms with E-state index >= 15 is 0 Å². The zero-order chi connectivity index (χ0) is 11.1. The molecular weight excluding hydrogens is 208 g/mol. The van der Waals surface area contributed by atoms with E-state index in [9.17, 15) is 4.79 Å². The molecule has 3 heteroatoms. The number of Topliss-reactive ketones (excluding diaryl/α,β-unsaturated/α-hetero) is 1. The first-order chi connectivity index (χ1) is 7.24. The highest BCUT2D eigenvalue weighted by molar-refractivity contribution is 8.00. The van der Waals surface area contributed by atoms with Crippen molar-refractivity contribution in [3.05, 3.63) is 35.9 Å². The summed E-state index contributed by atoms with van der Waals surface area (Å²) in [5, 5.41) is 9.06. The second-order valence-electron chi connectivity index (χ2n) is 3.42. The molecule has 1 N–H and O–H groups in total. The standard InChI is InChI=1S/C12H16O2S/c1-10(7-8-13)15-9-12(14)11-5-3-2-4-6-11/h2-6,10,13H,7-9H2,1H3. The van der Waals surface area contributed by atoms with Gasteiger partial charge in [-0.25, -0.2) is 0 Å². The Hall–Kier alpha value is -0.800. The van der Waals surface area contributed by atoms with Crippen LogP contribution in [0.4, 0.5) is 0 Å². The fourth-order valence-corrected chi connectivity index (χ4v) is 2.07. The van der Waals surface area contributed by atoms with Gasteiger partial charge < -0.3 is 5.11 Å². The van der Waals surface area contributed by atoms with Gasteiger partial charge in [-0.3, -0.25) is 4.79 Å². The van der Waals surface area contributed by atoms with Crippen molar-refractivity contribution in [3.8, 4) is 0 Å². The van der Waals surface area contributed by atoms with E-state index in [1.165, 1.54) is 0 Å². The molecule has 1 aromatic carbocycles. The molecule has 1 aromatic rings. The Balaban J connectivity index is 2.37. The molecule has 82 valence electrons. The fraction of sp³-hybridized carbons (Fsp3) is 0.417. The number of aliphatic hydroxyl groups excluding tert-OH is 1. The third-order valence-electron chi connectivity index (χ3n) is 2.13. The van der Waals surface area contributed by atoms with Gasteiger partial charge in [0.05, 0.1) is 5.75 Å². The molecule has 0 heterocycles. The molecule has 2 nitrogen and oxygen atoms in total. The average Bonchev–Trinajstić information content (AvgIpc) is 2.27. The van der Waals surface area contributed by atoms with Crippen LogP contribution in [-0.4, -0.2) is 28.5 Å². The Morgan fingerprint density at radius 2 is 2.07 bits per heavy atom. The molecule has 0 radical (unpaired) electrons. The van der Waals surface area contributed by atoms with E-state index in [1.54, 1.807) is 11.8 Å². The third kappa shape index (κ3) is 4.49. The molecule has 0 aliphatic heterocycles. The van der Waals surface area contributed by atoms with E-state index in [2.05, 4.69) is 0 Å². The zero-order valence-electron chi connectivity index (χ0n) is 8.85. The molecule has 0 spiro atoms. The van der Waals surface area contributed by atoms with Crippen LogP contribution in [0.25, 0.3) is 0 Å². The normalized spacial score (nSPS) is 12.4. The first kappa shape index (κ1) is 12.3. The maximum Gasteiger partial charge on any atom is 0.172 e. The first-order valence-corrected chi connectivity index (χ1v) is 6.09. The highest BCUT2D eigenvalue weighted by Crippen LogP contribution is 2.15. The van der Waals surface area contributed by atoms with Crippen LogP contribution >= 0.6 is 11.8 Å². The lowest BCUT2D eigenvalue weighted by Crippen LogP contribution is -2.07. The lowest BCUT2D eigenvalue weighted by atomic mass is 10.2. The third-order valence-corrected chi connectivity index (χ3v) is 3.36. The minimum Gasteiger partial charge on any atom is -0.396 e. The van der Waals surface area contributed by atoms with Gasteiger partial charge in [-0.1, -0.05) is 37.3 Å². The van der Waals surface area contributed by atoms with Crippen LogP contribution in [0.5, 0.6) is 0 Å². The van der Waals surface area contributed by atoms with Gasteiger partial charge in [-0.15, -0.1) is 0 Å². The van der Waals surface area contributed by atoms with Crippen molar-refractivity contribution in [2.24, 2.45) is 0 Å². The molecule has 0 saturated heterocycles. The lowest BCUT2D eigenvalue weighted by molar-refractivity contribution is 0.102. The van der Waals surface area contributed by atoms with Crippen molar-refractivity contribution < 1.29 is 9.90 Å². The number of ketones is 1. The number of benzene rings is 1. The molecule has 0 aliphatic rings. The minimum absolute atomic E-state index is 0.158. The van der Waals surface area contributed by atoms with Gasteiger partial charge in [0, 0.05) is 17.4 Å². The van der Waals surface area contributed by atoms with Crippen molar-refractivity contribution >= 4 is 17.5 Å². The Morgan fingerprint density at radius 1 is 1.40 bits per heavy atom. The van der Waals surface area contributed by atoms with E-state index in [0.717, 1.165) is 12.0 Å². The molecule has 0 saturated carbocycles. The summed E-state index contributed by atoms with van der Waals surface area (Å²) in [4.78, 5) is 11.7. The largest absolute Gasteiger partial charge is 0.396 e. The fourth-order valence-electron chi connectivity index (χ4n) is 1.19. The van der Waals surface area contributed by atoms with Gasteiger partial charge in [0.15, 0.2) is 5.78 Å². The van der Waals surface area contributed by atoms with Crippen molar-refractivity contribution in [1.29, 1.82) is 0 Å². The Labute approximate surface area is 94.7 Å². The van der Waals surface area contributed by atoms with E-state index in [-0.39, 0.29) is 12.4 Å². The van der Waals surface area contributed by atoms with Crippen LogP contribution < -0.4 is 0 Å². The highest BCUT2D eigenvalue weighted by atomic mass is 32.2. The van der Waals surface area contributed by atoms with E-state index < -0.39 is 0 Å². The number of carbonyl (C=O) groups is 1. The maximum atomic E-state index is 11.7. The molecule has 0 fully saturated rings. The average molecular weight is 224 g/mol. The van der Waals surface area contributed by atoms with Crippen molar-refractivity contribution in [2.75, 3.05) is 12.4 Å². The highest BCUT2D eigenvalue weighted by Gasteiger charge is 2.08. The second-order valence-corrected chi connectivity index (χ2v) is 4.85. The number of hydrogen-bond donors (Lipinski definition) is 1. The van der Waals surface area contributed by atoms with Crippen molar-refractivity contribution in [1.82, 2.24) is 0 Å². The summed E-state index contributed by atoms with van der Waals surface area (Å²) in [6.07, 6.45) is 0.743. The summed E-state index contributed by atoms with van der Waals surface area (Å²) in [6, 6.07) is 9.31. The van der Waals surface area contributed by atoms with E-state index in [1.807, 2.05) is 37.3 Å². The van der Waals surface area contributed by atoms with Gasteiger partial charge >= 0.3 is 0 Å². The molecule has 1 rings (SSSR count). The Bertz CT molecular complexity index is 298. The molecule has 15 heavy (non-hydrogen) atoms. The topological polar surface area (TPSA) is 37.3 Å². The van der Waals surface area contributed by atoms with E-state index in [0.29, 0.717) is 11.0 Å². The van der Waals surface area contributed by atoms with Crippen LogP contribution in [0.15, 0.2) is 30.3 Å². The van der Waals surface area contributed by atoms with Crippen LogP contribution in [-0.2, 0) is 0 Å². The summed E-state index contributed by atoms with van der Waals surface area (Å²) in [5.74, 6) is 0.649. The number of hydrogen-bond acceptors (Lipinski definition) is 3.